The number of carboxylic acid groups (broad SMARTS) is 1. The van der Waals surface area contributed by atoms with Gasteiger partial charge in [0.15, 0.2) is 0 Å². The van der Waals surface area contributed by atoms with Crippen LogP contribution in [0.1, 0.15) is 55.4 Å². The Balaban J connectivity index is 1.28. The molecule has 3 aromatic rings. The average Bonchev–Trinajstić information content (AvgIpc) is 3.30. The van der Waals surface area contributed by atoms with Crippen LogP contribution >= 0.6 is 22.9 Å². The highest BCUT2D eigenvalue weighted by molar-refractivity contribution is 7.16. The van der Waals surface area contributed by atoms with E-state index in [9.17, 15) is 9.90 Å². The summed E-state index contributed by atoms with van der Waals surface area (Å²) in [7, 11) is 1.70. The number of carbonyl (C=O) groups is 1. The third-order valence-electron chi connectivity index (χ3n) is 7.54. The number of aliphatic carboxylic acids is 1. The maximum atomic E-state index is 11.3. The van der Waals surface area contributed by atoms with Crippen LogP contribution in [-0.2, 0) is 17.6 Å². The zero-order chi connectivity index (χ0) is 25.3. The van der Waals surface area contributed by atoms with Crippen molar-refractivity contribution < 1.29 is 14.6 Å². The number of nitrogens with zero attached hydrogens (tertiary/aromatic N) is 2. The van der Waals surface area contributed by atoms with Crippen LogP contribution in [0.4, 0.5) is 0 Å². The Bertz CT molecular complexity index is 1130. The zero-order valence-electron chi connectivity index (χ0n) is 21.1. The fourth-order valence-corrected chi connectivity index (χ4v) is 6.71. The maximum Gasteiger partial charge on any atom is 0.303 e. The van der Waals surface area contributed by atoms with Gasteiger partial charge < -0.3 is 14.7 Å². The predicted molar refractivity (Wildman–Crippen MR) is 148 cm³/mol. The highest BCUT2D eigenvalue weighted by Crippen LogP contribution is 2.32. The molecule has 0 saturated carbocycles. The van der Waals surface area contributed by atoms with Crippen LogP contribution in [0.2, 0.25) is 4.34 Å². The standard InChI is InChI=1S/C29H37ClN2O3S/c1-35-24-9-11-27-26(19-24)22(14-16-31-27)6-4-5-21-15-18-32(20-23(21)8-13-29(33)34)17-3-2-7-25-10-12-28(30)36-25/h9-12,14,16,19,21,23H,2-8,13,15,17-18,20H2,1H3,(H,33,34). The first-order chi connectivity index (χ1) is 17.5. The van der Waals surface area contributed by atoms with E-state index in [1.54, 1.807) is 18.4 Å². The fraction of sp³-hybridized carbons (Fsp3) is 0.517. The molecule has 2 atom stereocenters. The number of likely N-dealkylation sites (tertiary alicyclic amines) is 1. The molecule has 5 nitrogen and oxygen atoms in total. The molecular formula is C29H37ClN2O3S. The van der Waals surface area contributed by atoms with Gasteiger partial charge in [-0.3, -0.25) is 9.78 Å². The number of pyridine rings is 1. The zero-order valence-corrected chi connectivity index (χ0v) is 22.7. The van der Waals surface area contributed by atoms with Gasteiger partial charge in [0.2, 0.25) is 0 Å². The Hall–Kier alpha value is -2.15. The Kier molecular flexibility index (Phi) is 10.0. The minimum atomic E-state index is -0.683. The summed E-state index contributed by atoms with van der Waals surface area (Å²) < 4.78 is 6.29. The molecule has 1 fully saturated rings. The minimum absolute atomic E-state index is 0.267. The second-order valence-corrected chi connectivity index (χ2v) is 11.7. The fourth-order valence-electron chi connectivity index (χ4n) is 5.58. The number of methoxy groups -OCH3 is 1. The molecule has 1 N–H and O–H groups in total. The van der Waals surface area contributed by atoms with Crippen molar-refractivity contribution in [1.82, 2.24) is 9.88 Å². The Morgan fingerprint density at radius 3 is 2.81 bits per heavy atom. The summed E-state index contributed by atoms with van der Waals surface area (Å²) in [5, 5.41) is 10.5. The monoisotopic (exact) mass is 528 g/mol. The number of piperidine rings is 1. The summed E-state index contributed by atoms with van der Waals surface area (Å²) in [5.74, 6) is 1.23. The van der Waals surface area contributed by atoms with Gasteiger partial charge in [0, 0.05) is 29.4 Å². The second kappa shape index (κ2) is 13.4. The number of unbranched alkanes of at least 4 members (excludes halogenated alkanes) is 1. The number of ether oxygens (including phenoxy) is 1. The topological polar surface area (TPSA) is 62.7 Å². The number of aryl methyl sites for hydroxylation is 2. The number of rotatable bonds is 13. The third kappa shape index (κ3) is 7.67. The van der Waals surface area contributed by atoms with Crippen molar-refractivity contribution in [2.75, 3.05) is 26.7 Å². The molecule has 7 heteroatoms. The molecule has 0 aliphatic carbocycles. The van der Waals surface area contributed by atoms with Crippen LogP contribution in [0.25, 0.3) is 10.9 Å². The molecule has 0 radical (unpaired) electrons. The van der Waals surface area contributed by atoms with Crippen LogP contribution in [0, 0.1) is 11.8 Å². The van der Waals surface area contributed by atoms with Gasteiger partial charge in [0.1, 0.15) is 5.75 Å². The van der Waals surface area contributed by atoms with Gasteiger partial charge in [-0.1, -0.05) is 11.6 Å². The van der Waals surface area contributed by atoms with E-state index in [0.29, 0.717) is 11.8 Å². The first-order valence-corrected chi connectivity index (χ1v) is 14.3. The smallest absolute Gasteiger partial charge is 0.303 e. The van der Waals surface area contributed by atoms with Crippen molar-refractivity contribution in [2.24, 2.45) is 11.8 Å². The molecule has 2 unspecified atom stereocenters. The SMILES string of the molecule is COc1ccc2nccc(CCCC3CCN(CCCCc4ccc(Cl)s4)CC3CCC(=O)O)c2c1. The highest BCUT2D eigenvalue weighted by Gasteiger charge is 2.29. The lowest BCUT2D eigenvalue weighted by atomic mass is 9.79. The first-order valence-electron chi connectivity index (χ1n) is 13.1. The lowest BCUT2D eigenvalue weighted by Gasteiger charge is -2.39. The molecule has 1 aliphatic heterocycles. The van der Waals surface area contributed by atoms with Gasteiger partial charge in [-0.15, -0.1) is 11.3 Å². The van der Waals surface area contributed by atoms with Gasteiger partial charge in [-0.2, -0.15) is 0 Å². The van der Waals surface area contributed by atoms with Crippen LogP contribution in [0.5, 0.6) is 5.75 Å². The molecule has 1 aromatic carbocycles. The van der Waals surface area contributed by atoms with Crippen molar-refractivity contribution >= 4 is 39.8 Å². The van der Waals surface area contributed by atoms with E-state index in [4.69, 9.17) is 16.3 Å². The van der Waals surface area contributed by atoms with E-state index in [2.05, 4.69) is 28.1 Å². The number of hydrogen-bond acceptors (Lipinski definition) is 5. The Morgan fingerprint density at radius 1 is 1.14 bits per heavy atom. The number of hydrogen-bond donors (Lipinski definition) is 1. The van der Waals surface area contributed by atoms with Crippen molar-refractivity contribution in [3.05, 3.63) is 57.4 Å². The minimum Gasteiger partial charge on any atom is -0.497 e. The second-order valence-electron chi connectivity index (χ2n) is 9.95. The molecular weight excluding hydrogens is 492 g/mol. The number of fused-ring (bicyclic) bond motifs is 1. The summed E-state index contributed by atoms with van der Waals surface area (Å²) in [5.41, 5.74) is 2.31. The maximum absolute atomic E-state index is 11.3. The summed E-state index contributed by atoms with van der Waals surface area (Å²) in [6.07, 6.45) is 10.8. The molecule has 0 spiro atoms. The van der Waals surface area contributed by atoms with E-state index in [1.165, 1.54) is 28.7 Å². The van der Waals surface area contributed by atoms with Crippen LogP contribution < -0.4 is 4.74 Å². The molecule has 0 bridgehead atoms. The normalized spacial score (nSPS) is 18.5. The lowest BCUT2D eigenvalue weighted by molar-refractivity contribution is -0.137. The van der Waals surface area contributed by atoms with Gasteiger partial charge in [0.05, 0.1) is 17.0 Å². The van der Waals surface area contributed by atoms with Crippen molar-refractivity contribution in [3.63, 3.8) is 0 Å². The third-order valence-corrected chi connectivity index (χ3v) is 8.83. The predicted octanol–water partition coefficient (Wildman–Crippen LogP) is 7.11. The van der Waals surface area contributed by atoms with Crippen LogP contribution in [0.15, 0.2) is 42.6 Å². The van der Waals surface area contributed by atoms with Crippen molar-refractivity contribution in [3.8, 4) is 5.75 Å². The molecule has 4 rings (SSSR count). The molecule has 3 heterocycles. The number of thiophene rings is 1. The number of aromatic nitrogens is 1. The molecule has 0 amide bonds. The van der Waals surface area contributed by atoms with E-state index in [1.807, 2.05) is 24.4 Å². The molecule has 2 aromatic heterocycles. The van der Waals surface area contributed by atoms with E-state index in [0.717, 1.165) is 73.8 Å². The van der Waals surface area contributed by atoms with E-state index < -0.39 is 5.97 Å². The van der Waals surface area contributed by atoms with Gasteiger partial charge in [-0.25, -0.2) is 0 Å². The largest absolute Gasteiger partial charge is 0.497 e. The quantitative estimate of drug-likeness (QED) is 0.239. The van der Waals surface area contributed by atoms with Crippen LogP contribution in [0.3, 0.4) is 0 Å². The summed E-state index contributed by atoms with van der Waals surface area (Å²) in [6.45, 7) is 3.24. The van der Waals surface area contributed by atoms with Crippen molar-refractivity contribution in [1.29, 1.82) is 0 Å². The van der Waals surface area contributed by atoms with Gasteiger partial charge in [-0.05, 0) is 118 Å². The first kappa shape index (κ1) is 26.9. The number of halogens is 1. The summed E-state index contributed by atoms with van der Waals surface area (Å²) in [6, 6.07) is 12.3. The molecule has 194 valence electrons. The summed E-state index contributed by atoms with van der Waals surface area (Å²) in [4.78, 5) is 19.7. The Labute approximate surface area is 223 Å². The lowest BCUT2D eigenvalue weighted by Crippen LogP contribution is -2.41. The Morgan fingerprint density at radius 2 is 2.03 bits per heavy atom. The molecule has 36 heavy (non-hydrogen) atoms. The number of benzene rings is 1. The van der Waals surface area contributed by atoms with E-state index in [-0.39, 0.29) is 6.42 Å². The average molecular weight is 529 g/mol. The number of carboxylic acids is 1. The summed E-state index contributed by atoms with van der Waals surface area (Å²) >= 11 is 7.72. The van der Waals surface area contributed by atoms with Gasteiger partial charge >= 0.3 is 5.97 Å². The van der Waals surface area contributed by atoms with Gasteiger partial charge in [0.25, 0.3) is 0 Å². The van der Waals surface area contributed by atoms with Crippen LogP contribution in [-0.4, -0.2) is 47.7 Å². The highest BCUT2D eigenvalue weighted by atomic mass is 35.5. The molecule has 1 aliphatic rings. The van der Waals surface area contributed by atoms with Crippen molar-refractivity contribution in [2.45, 2.75) is 57.8 Å². The van der Waals surface area contributed by atoms with E-state index >= 15 is 0 Å². The molecule has 1 saturated heterocycles.